The van der Waals surface area contributed by atoms with Crippen LogP contribution in [0.25, 0.3) is 0 Å². The quantitative estimate of drug-likeness (QED) is 0.810. The van der Waals surface area contributed by atoms with Crippen LogP contribution in [0.3, 0.4) is 0 Å². The molecular formula is C15H30N2O. The van der Waals surface area contributed by atoms with Gasteiger partial charge >= 0.3 is 0 Å². The molecule has 0 aromatic carbocycles. The first-order valence-electron chi connectivity index (χ1n) is 7.70. The minimum Gasteiger partial charge on any atom is -0.393 e. The molecule has 0 radical (unpaired) electrons. The van der Waals surface area contributed by atoms with Gasteiger partial charge in [-0.2, -0.15) is 0 Å². The fourth-order valence-electron chi connectivity index (χ4n) is 3.52. The Morgan fingerprint density at radius 3 is 2.50 bits per heavy atom. The Kier molecular flexibility index (Phi) is 5.46. The van der Waals surface area contributed by atoms with Crippen LogP contribution in [0, 0.1) is 11.8 Å². The highest BCUT2D eigenvalue weighted by molar-refractivity contribution is 4.78. The first kappa shape index (κ1) is 14.3. The van der Waals surface area contributed by atoms with Gasteiger partial charge in [0.25, 0.3) is 0 Å². The van der Waals surface area contributed by atoms with Gasteiger partial charge in [-0.15, -0.1) is 0 Å². The van der Waals surface area contributed by atoms with E-state index in [2.05, 4.69) is 23.9 Å². The molecule has 0 bridgehead atoms. The maximum atomic E-state index is 9.83. The molecule has 1 aliphatic carbocycles. The van der Waals surface area contributed by atoms with Crippen LogP contribution in [0.2, 0.25) is 0 Å². The molecule has 3 heteroatoms. The molecular weight excluding hydrogens is 224 g/mol. The first-order chi connectivity index (χ1) is 8.65. The maximum absolute atomic E-state index is 9.83. The average molecular weight is 254 g/mol. The summed E-state index contributed by atoms with van der Waals surface area (Å²) in [5.74, 6) is 1.46. The Morgan fingerprint density at radius 1 is 1.17 bits per heavy atom. The van der Waals surface area contributed by atoms with E-state index in [4.69, 9.17) is 0 Å². The summed E-state index contributed by atoms with van der Waals surface area (Å²) in [6.07, 6.45) is 7.38. The molecule has 1 heterocycles. The molecule has 0 spiro atoms. The molecule has 0 aromatic rings. The molecule has 18 heavy (non-hydrogen) atoms. The number of hydrogen-bond donors (Lipinski definition) is 1. The van der Waals surface area contributed by atoms with Crippen molar-refractivity contribution in [1.29, 1.82) is 0 Å². The summed E-state index contributed by atoms with van der Waals surface area (Å²) in [5.41, 5.74) is 0. The van der Waals surface area contributed by atoms with Crippen molar-refractivity contribution in [3.8, 4) is 0 Å². The fraction of sp³-hybridized carbons (Fsp3) is 1.00. The molecule has 1 N–H and O–H groups in total. The third-order valence-corrected chi connectivity index (χ3v) is 4.91. The summed E-state index contributed by atoms with van der Waals surface area (Å²) in [4.78, 5) is 4.92. The standard InChI is InChI=1S/C15H30N2O/c1-16-9-6-13(7-10-16)12-17(2)11-8-14-4-3-5-15(14)18/h13-15,18H,3-12H2,1-2H3. The molecule has 2 unspecified atom stereocenters. The van der Waals surface area contributed by atoms with E-state index in [1.807, 2.05) is 0 Å². The smallest absolute Gasteiger partial charge is 0.0568 e. The van der Waals surface area contributed by atoms with Crippen molar-refractivity contribution < 1.29 is 5.11 Å². The van der Waals surface area contributed by atoms with Crippen molar-refractivity contribution in [1.82, 2.24) is 9.80 Å². The first-order valence-corrected chi connectivity index (χ1v) is 7.70. The number of likely N-dealkylation sites (tertiary alicyclic amines) is 1. The fourth-order valence-corrected chi connectivity index (χ4v) is 3.52. The Balaban J connectivity index is 1.61. The van der Waals surface area contributed by atoms with Crippen molar-refractivity contribution in [2.75, 3.05) is 40.3 Å². The number of hydrogen-bond acceptors (Lipinski definition) is 3. The predicted octanol–water partition coefficient (Wildman–Crippen LogP) is 1.81. The molecule has 2 atom stereocenters. The summed E-state index contributed by atoms with van der Waals surface area (Å²) < 4.78 is 0. The number of aliphatic hydroxyl groups is 1. The highest BCUT2D eigenvalue weighted by Crippen LogP contribution is 2.28. The van der Waals surface area contributed by atoms with Crippen LogP contribution < -0.4 is 0 Å². The number of rotatable bonds is 5. The lowest BCUT2D eigenvalue weighted by molar-refractivity contribution is 0.115. The minimum atomic E-state index is -0.0123. The Morgan fingerprint density at radius 2 is 1.89 bits per heavy atom. The van der Waals surface area contributed by atoms with Crippen molar-refractivity contribution in [2.45, 2.75) is 44.6 Å². The second-order valence-electron chi connectivity index (χ2n) is 6.56. The normalized spacial score (nSPS) is 31.3. The van der Waals surface area contributed by atoms with Crippen molar-refractivity contribution in [3.63, 3.8) is 0 Å². The van der Waals surface area contributed by atoms with Crippen LogP contribution in [-0.2, 0) is 0 Å². The van der Waals surface area contributed by atoms with Gasteiger partial charge in [-0.1, -0.05) is 6.42 Å². The Bertz CT molecular complexity index is 239. The molecule has 1 saturated heterocycles. The van der Waals surface area contributed by atoms with Gasteiger partial charge in [0, 0.05) is 6.54 Å². The van der Waals surface area contributed by atoms with Crippen LogP contribution in [0.1, 0.15) is 38.5 Å². The summed E-state index contributed by atoms with van der Waals surface area (Å²) >= 11 is 0. The molecule has 2 rings (SSSR count). The van der Waals surface area contributed by atoms with E-state index in [1.54, 1.807) is 0 Å². The maximum Gasteiger partial charge on any atom is 0.0568 e. The zero-order chi connectivity index (χ0) is 13.0. The second-order valence-corrected chi connectivity index (χ2v) is 6.56. The van der Waals surface area contributed by atoms with Gasteiger partial charge in [-0.25, -0.2) is 0 Å². The van der Waals surface area contributed by atoms with Crippen LogP contribution >= 0.6 is 0 Å². The highest BCUT2D eigenvalue weighted by Gasteiger charge is 2.25. The van der Waals surface area contributed by atoms with Crippen LogP contribution in [0.4, 0.5) is 0 Å². The van der Waals surface area contributed by atoms with Gasteiger partial charge in [0.2, 0.25) is 0 Å². The molecule has 2 fully saturated rings. The third-order valence-electron chi connectivity index (χ3n) is 4.91. The van der Waals surface area contributed by atoms with Gasteiger partial charge < -0.3 is 14.9 Å². The van der Waals surface area contributed by atoms with Gasteiger partial charge in [0.1, 0.15) is 0 Å². The zero-order valence-electron chi connectivity index (χ0n) is 12.1. The lowest BCUT2D eigenvalue weighted by Crippen LogP contribution is -2.36. The SMILES string of the molecule is CN1CCC(CN(C)CCC2CCCC2O)CC1. The van der Waals surface area contributed by atoms with Crippen LogP contribution in [-0.4, -0.2) is 61.3 Å². The van der Waals surface area contributed by atoms with E-state index in [-0.39, 0.29) is 6.10 Å². The number of aliphatic hydroxyl groups excluding tert-OH is 1. The molecule has 0 amide bonds. The van der Waals surface area contributed by atoms with Gasteiger partial charge in [-0.05, 0) is 77.7 Å². The van der Waals surface area contributed by atoms with E-state index in [0.717, 1.165) is 18.9 Å². The number of nitrogens with zero attached hydrogens (tertiary/aromatic N) is 2. The molecule has 0 aromatic heterocycles. The summed E-state index contributed by atoms with van der Waals surface area (Å²) in [5, 5.41) is 9.83. The molecule has 106 valence electrons. The van der Waals surface area contributed by atoms with Gasteiger partial charge in [0.05, 0.1) is 6.10 Å². The third kappa shape index (κ3) is 4.22. The van der Waals surface area contributed by atoms with E-state index < -0.39 is 0 Å². The Labute approximate surface area is 112 Å². The monoisotopic (exact) mass is 254 g/mol. The largest absolute Gasteiger partial charge is 0.393 e. The predicted molar refractivity (Wildman–Crippen MR) is 75.7 cm³/mol. The molecule has 1 aliphatic heterocycles. The lowest BCUT2D eigenvalue weighted by atomic mass is 9.96. The highest BCUT2D eigenvalue weighted by atomic mass is 16.3. The van der Waals surface area contributed by atoms with E-state index in [0.29, 0.717) is 5.92 Å². The molecule has 1 saturated carbocycles. The van der Waals surface area contributed by atoms with E-state index >= 15 is 0 Å². The van der Waals surface area contributed by atoms with Crippen molar-refractivity contribution >= 4 is 0 Å². The van der Waals surface area contributed by atoms with E-state index in [1.165, 1.54) is 51.7 Å². The summed E-state index contributed by atoms with van der Waals surface area (Å²) in [6, 6.07) is 0. The number of piperidine rings is 1. The van der Waals surface area contributed by atoms with Crippen molar-refractivity contribution in [3.05, 3.63) is 0 Å². The van der Waals surface area contributed by atoms with E-state index in [9.17, 15) is 5.11 Å². The Hall–Kier alpha value is -0.120. The topological polar surface area (TPSA) is 26.7 Å². The summed E-state index contributed by atoms with van der Waals surface area (Å²) in [7, 11) is 4.47. The average Bonchev–Trinajstić information content (AvgIpc) is 2.75. The zero-order valence-corrected chi connectivity index (χ0v) is 12.1. The van der Waals surface area contributed by atoms with Crippen molar-refractivity contribution in [2.24, 2.45) is 11.8 Å². The lowest BCUT2D eigenvalue weighted by Gasteiger charge is -2.32. The second kappa shape index (κ2) is 6.88. The molecule has 2 aliphatic rings. The van der Waals surface area contributed by atoms with Crippen LogP contribution in [0.15, 0.2) is 0 Å². The van der Waals surface area contributed by atoms with Gasteiger partial charge in [-0.3, -0.25) is 0 Å². The van der Waals surface area contributed by atoms with Crippen LogP contribution in [0.5, 0.6) is 0 Å². The van der Waals surface area contributed by atoms with Gasteiger partial charge in [0.15, 0.2) is 0 Å². The minimum absolute atomic E-state index is 0.0123. The molecule has 3 nitrogen and oxygen atoms in total. The summed E-state index contributed by atoms with van der Waals surface area (Å²) in [6.45, 7) is 4.93.